The van der Waals surface area contributed by atoms with Crippen molar-refractivity contribution in [2.45, 2.75) is 50.7 Å². The number of rotatable bonds is 4. The van der Waals surface area contributed by atoms with E-state index in [0.717, 1.165) is 5.69 Å². The maximum absolute atomic E-state index is 12.8. The quantitative estimate of drug-likeness (QED) is 0.674. The Kier molecular flexibility index (Phi) is 4.97. The molecule has 2 aromatic heterocycles. The highest BCUT2D eigenvalue weighted by Crippen LogP contribution is 2.30. The molecule has 1 unspecified atom stereocenters. The molecule has 2 amide bonds. The topological polar surface area (TPSA) is 127 Å². The van der Waals surface area contributed by atoms with Gasteiger partial charge in [-0.25, -0.2) is 9.78 Å². The van der Waals surface area contributed by atoms with E-state index in [1.807, 2.05) is 6.07 Å². The van der Waals surface area contributed by atoms with Gasteiger partial charge in [0, 0.05) is 33.0 Å². The third-order valence-electron chi connectivity index (χ3n) is 6.07. The first-order chi connectivity index (χ1) is 14.2. The number of Topliss-reactive ketones (excluding diaryl/α,β-unsaturated/α-hetero) is 1. The standard InChI is InChI=1S/C20H25N5O5/c1-12(26)10-20(30)5-7-24(8-6-20)13-9-15-17(21-11-13)25(19(29)23(15)2)14-3-4-16(27)22-18(14)28/h9,11,14,30H,3-8,10H2,1-2H3,(H,22,27,28). The Hall–Kier alpha value is -3.01. The molecular weight excluding hydrogens is 390 g/mol. The first kappa shape index (κ1) is 20.3. The Morgan fingerprint density at radius 3 is 2.63 bits per heavy atom. The van der Waals surface area contributed by atoms with Crippen molar-refractivity contribution in [2.75, 3.05) is 18.0 Å². The van der Waals surface area contributed by atoms with Crippen molar-refractivity contribution in [3.05, 3.63) is 22.7 Å². The van der Waals surface area contributed by atoms with E-state index in [2.05, 4.69) is 15.2 Å². The number of carbonyl (C=O) groups is 3. The molecule has 2 aromatic rings. The van der Waals surface area contributed by atoms with Crippen LogP contribution in [0.5, 0.6) is 0 Å². The number of fused-ring (bicyclic) bond motifs is 1. The number of aliphatic hydroxyl groups is 1. The second-order valence-electron chi connectivity index (χ2n) is 8.30. The summed E-state index contributed by atoms with van der Waals surface area (Å²) < 4.78 is 2.80. The van der Waals surface area contributed by atoms with Crippen molar-refractivity contribution < 1.29 is 19.5 Å². The van der Waals surface area contributed by atoms with Gasteiger partial charge in [0.1, 0.15) is 11.8 Å². The number of hydrogen-bond acceptors (Lipinski definition) is 7. The van der Waals surface area contributed by atoms with E-state index in [0.29, 0.717) is 37.1 Å². The molecule has 2 N–H and O–H groups in total. The molecule has 4 heterocycles. The van der Waals surface area contributed by atoms with Crippen LogP contribution >= 0.6 is 0 Å². The van der Waals surface area contributed by atoms with E-state index in [4.69, 9.17) is 0 Å². The third-order valence-corrected chi connectivity index (χ3v) is 6.07. The maximum Gasteiger partial charge on any atom is 0.330 e. The molecule has 2 fully saturated rings. The number of hydrogen-bond donors (Lipinski definition) is 2. The predicted octanol–water partition coefficient (Wildman–Crippen LogP) is 0.0231. The van der Waals surface area contributed by atoms with Gasteiger partial charge in [-0.05, 0) is 32.3 Å². The Balaban J connectivity index is 1.63. The van der Waals surface area contributed by atoms with E-state index in [9.17, 15) is 24.3 Å². The molecule has 0 aliphatic carbocycles. The summed E-state index contributed by atoms with van der Waals surface area (Å²) in [6.07, 6.45) is 3.19. The summed E-state index contributed by atoms with van der Waals surface area (Å²) in [7, 11) is 1.63. The van der Waals surface area contributed by atoms with Crippen molar-refractivity contribution in [1.29, 1.82) is 0 Å². The summed E-state index contributed by atoms with van der Waals surface area (Å²) in [6, 6.07) is 1.08. The molecule has 0 bridgehead atoms. The van der Waals surface area contributed by atoms with Gasteiger partial charge in [-0.15, -0.1) is 0 Å². The van der Waals surface area contributed by atoms with Gasteiger partial charge in [0.25, 0.3) is 0 Å². The van der Waals surface area contributed by atoms with Gasteiger partial charge in [0.05, 0.1) is 23.0 Å². The molecule has 0 radical (unpaired) electrons. The largest absolute Gasteiger partial charge is 0.389 e. The minimum absolute atomic E-state index is 0.0289. The highest BCUT2D eigenvalue weighted by Gasteiger charge is 2.34. The van der Waals surface area contributed by atoms with Crippen LogP contribution in [-0.2, 0) is 21.4 Å². The fourth-order valence-corrected chi connectivity index (χ4v) is 4.43. The van der Waals surface area contributed by atoms with Gasteiger partial charge in [0.15, 0.2) is 5.65 Å². The molecule has 30 heavy (non-hydrogen) atoms. The molecule has 10 heteroatoms. The Labute approximate surface area is 172 Å². The van der Waals surface area contributed by atoms with Crippen molar-refractivity contribution >= 4 is 34.4 Å². The SMILES string of the molecule is CC(=O)CC1(O)CCN(c2cnc3c(c2)n(C)c(=O)n3C2CCC(=O)NC2=O)CC1. The monoisotopic (exact) mass is 415 g/mol. The average Bonchev–Trinajstić information content (AvgIpc) is 2.92. The molecule has 0 saturated carbocycles. The number of nitrogens with zero attached hydrogens (tertiary/aromatic N) is 4. The fourth-order valence-electron chi connectivity index (χ4n) is 4.43. The summed E-state index contributed by atoms with van der Waals surface area (Å²) in [4.78, 5) is 54.5. The van der Waals surface area contributed by atoms with E-state index >= 15 is 0 Å². The van der Waals surface area contributed by atoms with E-state index in [1.165, 1.54) is 16.1 Å². The van der Waals surface area contributed by atoms with Crippen molar-refractivity contribution in [3.63, 3.8) is 0 Å². The Morgan fingerprint density at radius 2 is 2.00 bits per heavy atom. The first-order valence-electron chi connectivity index (χ1n) is 10.1. The number of aromatic nitrogens is 3. The predicted molar refractivity (Wildman–Crippen MR) is 108 cm³/mol. The number of nitrogens with one attached hydrogen (secondary N) is 1. The van der Waals surface area contributed by atoms with Crippen molar-refractivity contribution in [3.8, 4) is 0 Å². The van der Waals surface area contributed by atoms with E-state index in [-0.39, 0.29) is 36.6 Å². The van der Waals surface area contributed by atoms with E-state index in [1.54, 1.807) is 13.2 Å². The van der Waals surface area contributed by atoms with Crippen molar-refractivity contribution in [2.24, 2.45) is 7.05 Å². The minimum atomic E-state index is -0.970. The van der Waals surface area contributed by atoms with Crippen LogP contribution in [0.15, 0.2) is 17.1 Å². The number of imide groups is 1. The molecule has 2 aliphatic rings. The second-order valence-corrected chi connectivity index (χ2v) is 8.30. The minimum Gasteiger partial charge on any atom is -0.389 e. The highest BCUT2D eigenvalue weighted by molar-refractivity contribution is 6.00. The lowest BCUT2D eigenvalue weighted by Crippen LogP contribution is -2.45. The van der Waals surface area contributed by atoms with Crippen LogP contribution in [0, 0.1) is 0 Å². The zero-order valence-corrected chi connectivity index (χ0v) is 17.1. The van der Waals surface area contributed by atoms with Crippen LogP contribution in [-0.4, -0.2) is 55.5 Å². The van der Waals surface area contributed by atoms with Crippen LogP contribution in [0.1, 0.15) is 45.1 Å². The molecular formula is C20H25N5O5. The first-order valence-corrected chi connectivity index (χ1v) is 10.1. The number of aryl methyl sites for hydroxylation is 1. The lowest BCUT2D eigenvalue weighted by Gasteiger charge is -2.38. The maximum atomic E-state index is 12.8. The van der Waals surface area contributed by atoms with Gasteiger partial charge in [-0.3, -0.25) is 28.8 Å². The summed E-state index contributed by atoms with van der Waals surface area (Å²) in [5.74, 6) is -0.860. The number of carbonyl (C=O) groups excluding carboxylic acids is 3. The third kappa shape index (κ3) is 3.51. The molecule has 0 spiro atoms. The highest BCUT2D eigenvalue weighted by atomic mass is 16.3. The summed E-state index contributed by atoms with van der Waals surface area (Å²) in [5, 5.41) is 12.9. The van der Waals surface area contributed by atoms with Crippen molar-refractivity contribution in [1.82, 2.24) is 19.4 Å². The van der Waals surface area contributed by atoms with Gasteiger partial charge in [0.2, 0.25) is 11.8 Å². The van der Waals surface area contributed by atoms with Crippen LogP contribution in [0.25, 0.3) is 11.2 Å². The molecule has 2 saturated heterocycles. The molecule has 160 valence electrons. The average molecular weight is 415 g/mol. The van der Waals surface area contributed by atoms with E-state index < -0.39 is 17.6 Å². The summed E-state index contributed by atoms with van der Waals surface area (Å²) in [6.45, 7) is 2.62. The molecule has 0 aromatic carbocycles. The number of imidazole rings is 1. The van der Waals surface area contributed by atoms with Gasteiger partial charge < -0.3 is 10.0 Å². The lowest BCUT2D eigenvalue weighted by molar-refractivity contribution is -0.135. The number of amides is 2. The molecule has 1 atom stereocenters. The normalized spacial score (nSPS) is 21.7. The molecule has 2 aliphatic heterocycles. The molecule has 4 rings (SSSR count). The smallest absolute Gasteiger partial charge is 0.330 e. The Morgan fingerprint density at radius 1 is 1.30 bits per heavy atom. The number of anilines is 1. The number of ketones is 1. The number of pyridine rings is 1. The lowest BCUT2D eigenvalue weighted by atomic mass is 9.87. The summed E-state index contributed by atoms with van der Waals surface area (Å²) >= 11 is 0. The van der Waals surface area contributed by atoms with Crippen LogP contribution in [0.4, 0.5) is 5.69 Å². The molecule has 10 nitrogen and oxygen atoms in total. The Bertz CT molecular complexity index is 1090. The second kappa shape index (κ2) is 7.35. The summed E-state index contributed by atoms with van der Waals surface area (Å²) in [5.41, 5.74) is 0.460. The van der Waals surface area contributed by atoms with Gasteiger partial charge in [-0.2, -0.15) is 0 Å². The number of piperidine rings is 2. The fraction of sp³-hybridized carbons (Fsp3) is 0.550. The van der Waals surface area contributed by atoms with Gasteiger partial charge in [-0.1, -0.05) is 0 Å². The van der Waals surface area contributed by atoms with Crippen LogP contribution in [0.2, 0.25) is 0 Å². The van der Waals surface area contributed by atoms with Crippen LogP contribution in [0.3, 0.4) is 0 Å². The van der Waals surface area contributed by atoms with Gasteiger partial charge >= 0.3 is 5.69 Å². The van der Waals surface area contributed by atoms with Crippen LogP contribution < -0.4 is 15.9 Å². The zero-order valence-electron chi connectivity index (χ0n) is 17.1. The zero-order chi connectivity index (χ0) is 21.6.